The van der Waals surface area contributed by atoms with Crippen LogP contribution in [0.3, 0.4) is 0 Å². The molecule has 25 heavy (non-hydrogen) atoms. The van der Waals surface area contributed by atoms with Gasteiger partial charge in [-0.1, -0.05) is 0 Å². The topological polar surface area (TPSA) is 42.3 Å². The first kappa shape index (κ1) is 16.0. The molecule has 0 aromatic carbocycles. The van der Waals surface area contributed by atoms with Gasteiger partial charge in [0, 0.05) is 37.6 Å². The zero-order valence-corrected chi connectivity index (χ0v) is 15.5. The summed E-state index contributed by atoms with van der Waals surface area (Å²) >= 11 is 1.89. The number of fused-ring (bicyclic) bond motifs is 3. The third kappa shape index (κ3) is 2.95. The molecule has 1 N–H and O–H groups in total. The van der Waals surface area contributed by atoms with Crippen LogP contribution in [0.1, 0.15) is 41.1 Å². The molecule has 0 bridgehead atoms. The van der Waals surface area contributed by atoms with Crippen molar-refractivity contribution in [3.05, 3.63) is 39.3 Å². The molecule has 0 aliphatic carbocycles. The van der Waals surface area contributed by atoms with Gasteiger partial charge >= 0.3 is 0 Å². The highest BCUT2D eigenvalue weighted by molar-refractivity contribution is 7.10. The van der Waals surface area contributed by atoms with E-state index in [1.165, 1.54) is 28.2 Å². The normalized spacial score (nSPS) is 23.2. The molecule has 1 saturated heterocycles. The van der Waals surface area contributed by atoms with E-state index in [2.05, 4.69) is 32.4 Å². The Kier molecular flexibility index (Phi) is 4.16. The average molecular weight is 359 g/mol. The van der Waals surface area contributed by atoms with Gasteiger partial charge in [-0.3, -0.25) is 9.58 Å². The second-order valence-corrected chi connectivity index (χ2v) is 8.44. The number of nitrogens with one attached hydrogen (secondary N) is 1. The summed E-state index contributed by atoms with van der Waals surface area (Å²) in [5, 5.41) is 10.6. The van der Waals surface area contributed by atoms with Crippen molar-refractivity contribution in [2.24, 2.45) is 0 Å². The second kappa shape index (κ2) is 6.50. The third-order valence-electron chi connectivity index (χ3n) is 5.90. The summed E-state index contributed by atoms with van der Waals surface area (Å²) in [4.78, 5) is 4.05. The number of hydrogen-bond acceptors (Lipinski definition) is 5. The minimum atomic E-state index is -0.00642. The van der Waals surface area contributed by atoms with E-state index in [9.17, 15) is 0 Å². The number of likely N-dealkylation sites (tertiary alicyclic amines) is 1. The van der Waals surface area contributed by atoms with Gasteiger partial charge in [-0.25, -0.2) is 0 Å². The zero-order valence-electron chi connectivity index (χ0n) is 14.7. The van der Waals surface area contributed by atoms with E-state index in [0.717, 1.165) is 65.1 Å². The van der Waals surface area contributed by atoms with Gasteiger partial charge in [-0.15, -0.1) is 11.3 Å². The third-order valence-corrected chi connectivity index (χ3v) is 7.05. The van der Waals surface area contributed by atoms with Crippen molar-refractivity contribution in [3.8, 4) is 0 Å². The van der Waals surface area contributed by atoms with Crippen LogP contribution in [0.5, 0.6) is 0 Å². The Morgan fingerprint density at radius 1 is 1.28 bits per heavy atom. The van der Waals surface area contributed by atoms with Crippen molar-refractivity contribution in [1.82, 2.24) is 20.0 Å². The largest absolute Gasteiger partial charge is 0.369 e. The van der Waals surface area contributed by atoms with Gasteiger partial charge in [0.25, 0.3) is 0 Å². The number of thiophene rings is 1. The molecule has 0 atom stereocenters. The summed E-state index contributed by atoms with van der Waals surface area (Å²) < 4.78 is 8.52. The molecular weight excluding hydrogens is 332 g/mol. The molecule has 5 rings (SSSR count). The van der Waals surface area contributed by atoms with Crippen LogP contribution < -0.4 is 5.32 Å². The molecule has 0 saturated carbocycles. The number of aryl methyl sites for hydroxylation is 1. The molecule has 5 nitrogen and oxygen atoms in total. The number of ether oxygens (including phenoxy) is 1. The van der Waals surface area contributed by atoms with Crippen LogP contribution >= 0.6 is 11.3 Å². The zero-order chi connectivity index (χ0) is 16.7. The first-order valence-electron chi connectivity index (χ1n) is 9.52. The molecule has 6 heteroatoms. The summed E-state index contributed by atoms with van der Waals surface area (Å²) in [6, 6.07) is 4.58. The molecule has 0 amide bonds. The molecule has 1 spiro atoms. The van der Waals surface area contributed by atoms with Crippen LogP contribution in [-0.2, 0) is 36.4 Å². The molecule has 5 heterocycles. The SMILES string of the molecule is c1cc2c(s1)C1(CCN(Cc3cc4n(n3)CCCNC4)CC1)OCC2. The highest BCUT2D eigenvalue weighted by atomic mass is 32.1. The highest BCUT2D eigenvalue weighted by Gasteiger charge is 2.41. The fraction of sp³-hybridized carbons (Fsp3) is 0.632. The van der Waals surface area contributed by atoms with Crippen LogP contribution in [0, 0.1) is 0 Å². The van der Waals surface area contributed by atoms with Crippen LogP contribution in [-0.4, -0.2) is 40.9 Å². The Bertz CT molecular complexity index is 721. The van der Waals surface area contributed by atoms with Crippen molar-refractivity contribution in [3.63, 3.8) is 0 Å². The maximum Gasteiger partial charge on any atom is 0.105 e. The van der Waals surface area contributed by atoms with Gasteiger partial charge in [0.2, 0.25) is 0 Å². The van der Waals surface area contributed by atoms with Crippen LogP contribution in [0.25, 0.3) is 0 Å². The Balaban J connectivity index is 1.26. The maximum atomic E-state index is 6.33. The van der Waals surface area contributed by atoms with E-state index in [1.54, 1.807) is 0 Å². The summed E-state index contributed by atoms with van der Waals surface area (Å²) in [6.07, 6.45) is 4.46. The van der Waals surface area contributed by atoms with Gasteiger partial charge in [0.15, 0.2) is 0 Å². The van der Waals surface area contributed by atoms with Gasteiger partial charge in [-0.05, 0) is 55.3 Å². The van der Waals surface area contributed by atoms with Gasteiger partial charge in [-0.2, -0.15) is 5.10 Å². The first-order valence-corrected chi connectivity index (χ1v) is 10.4. The second-order valence-electron chi connectivity index (χ2n) is 7.52. The predicted octanol–water partition coefficient (Wildman–Crippen LogP) is 2.50. The molecular formula is C19H26N4OS. The maximum absolute atomic E-state index is 6.33. The summed E-state index contributed by atoms with van der Waals surface area (Å²) in [5.74, 6) is 0. The van der Waals surface area contributed by atoms with E-state index >= 15 is 0 Å². The monoisotopic (exact) mass is 358 g/mol. The average Bonchev–Trinajstić information content (AvgIpc) is 3.20. The quantitative estimate of drug-likeness (QED) is 0.896. The highest BCUT2D eigenvalue weighted by Crippen LogP contribution is 2.44. The number of nitrogens with zero attached hydrogens (tertiary/aromatic N) is 3. The lowest BCUT2D eigenvalue weighted by atomic mass is 9.85. The number of aromatic nitrogens is 2. The van der Waals surface area contributed by atoms with Crippen molar-refractivity contribution in [1.29, 1.82) is 0 Å². The standard InChI is InChI=1S/C19H26N4OS/c1-6-20-13-17-12-16(21-23(17)7-1)14-22-8-4-19(5-9-22)18-15(2-10-24-19)3-11-25-18/h3,11-12,20H,1-2,4-10,13-14H2. The molecule has 0 radical (unpaired) electrons. The number of rotatable bonds is 2. The van der Waals surface area contributed by atoms with Crippen LogP contribution in [0.2, 0.25) is 0 Å². The predicted molar refractivity (Wildman–Crippen MR) is 98.7 cm³/mol. The first-order chi connectivity index (χ1) is 12.3. The lowest BCUT2D eigenvalue weighted by Crippen LogP contribution is -2.45. The fourth-order valence-electron chi connectivity index (χ4n) is 4.53. The molecule has 3 aliphatic heterocycles. The van der Waals surface area contributed by atoms with E-state index in [1.807, 2.05) is 11.3 Å². The molecule has 3 aliphatic rings. The Morgan fingerprint density at radius 3 is 3.12 bits per heavy atom. The van der Waals surface area contributed by atoms with Gasteiger partial charge < -0.3 is 10.1 Å². The van der Waals surface area contributed by atoms with Crippen LogP contribution in [0.15, 0.2) is 17.5 Å². The molecule has 2 aromatic rings. The van der Waals surface area contributed by atoms with E-state index < -0.39 is 0 Å². The minimum Gasteiger partial charge on any atom is -0.369 e. The van der Waals surface area contributed by atoms with Crippen molar-refractivity contribution < 1.29 is 4.74 Å². The van der Waals surface area contributed by atoms with Gasteiger partial charge in [0.05, 0.1) is 18.0 Å². The summed E-state index contributed by atoms with van der Waals surface area (Å²) in [6.45, 7) is 7.12. The smallest absolute Gasteiger partial charge is 0.105 e. The van der Waals surface area contributed by atoms with Crippen LogP contribution in [0.4, 0.5) is 0 Å². The van der Waals surface area contributed by atoms with Crippen molar-refractivity contribution >= 4 is 11.3 Å². The van der Waals surface area contributed by atoms with E-state index in [4.69, 9.17) is 9.84 Å². The summed E-state index contributed by atoms with van der Waals surface area (Å²) in [5.41, 5.74) is 4.07. The number of hydrogen-bond donors (Lipinski definition) is 1. The molecule has 134 valence electrons. The summed E-state index contributed by atoms with van der Waals surface area (Å²) in [7, 11) is 0. The Hall–Kier alpha value is -1.21. The Labute approximate surface area is 153 Å². The lowest BCUT2D eigenvalue weighted by Gasteiger charge is -2.43. The van der Waals surface area contributed by atoms with Crippen molar-refractivity contribution in [2.75, 3.05) is 26.2 Å². The molecule has 2 aromatic heterocycles. The number of piperidine rings is 1. The van der Waals surface area contributed by atoms with Crippen molar-refractivity contribution in [2.45, 2.75) is 50.9 Å². The lowest BCUT2D eigenvalue weighted by molar-refractivity contribution is -0.0962. The van der Waals surface area contributed by atoms with E-state index in [-0.39, 0.29) is 5.60 Å². The minimum absolute atomic E-state index is 0.00642. The van der Waals surface area contributed by atoms with E-state index in [0.29, 0.717) is 0 Å². The fourth-order valence-corrected chi connectivity index (χ4v) is 5.69. The molecule has 0 unspecified atom stereocenters. The Morgan fingerprint density at radius 2 is 2.20 bits per heavy atom. The van der Waals surface area contributed by atoms with Gasteiger partial charge in [0.1, 0.15) is 5.60 Å². The molecule has 1 fully saturated rings.